The number of fused-ring (bicyclic) bond motifs is 1. The first-order valence-electron chi connectivity index (χ1n) is 5.64. The van der Waals surface area contributed by atoms with Crippen molar-refractivity contribution in [3.63, 3.8) is 0 Å². The molecule has 2 aliphatic heterocycles. The summed E-state index contributed by atoms with van der Waals surface area (Å²) in [5.41, 5.74) is 2.46. The van der Waals surface area contributed by atoms with Gasteiger partial charge in [-0.15, -0.1) is 0 Å². The molecule has 3 heterocycles. The quantitative estimate of drug-likeness (QED) is 0.687. The van der Waals surface area contributed by atoms with Crippen LogP contribution in [0.4, 0.5) is 0 Å². The fourth-order valence-corrected chi connectivity index (χ4v) is 2.54. The van der Waals surface area contributed by atoms with Crippen LogP contribution in [0.5, 0.6) is 0 Å². The zero-order valence-corrected chi connectivity index (χ0v) is 8.74. The second-order valence-electron chi connectivity index (χ2n) is 4.24. The lowest BCUT2D eigenvalue weighted by molar-refractivity contribution is 0.442. The first-order valence-corrected chi connectivity index (χ1v) is 5.64. The molecule has 15 heavy (non-hydrogen) atoms. The number of aromatic nitrogens is 1. The second kappa shape index (κ2) is 3.74. The van der Waals surface area contributed by atoms with Gasteiger partial charge in [0.15, 0.2) is 5.49 Å². The van der Waals surface area contributed by atoms with Gasteiger partial charge in [0.25, 0.3) is 0 Å². The van der Waals surface area contributed by atoms with E-state index in [1.54, 1.807) is 0 Å². The molecule has 0 unspecified atom stereocenters. The zero-order chi connectivity index (χ0) is 10.1. The molecule has 0 aromatic carbocycles. The van der Waals surface area contributed by atoms with Crippen LogP contribution in [0.1, 0.15) is 12.8 Å². The van der Waals surface area contributed by atoms with E-state index in [1.807, 2.05) is 12.3 Å². The van der Waals surface area contributed by atoms with Crippen molar-refractivity contribution in [2.45, 2.75) is 12.8 Å². The Morgan fingerprint density at radius 3 is 3.00 bits per heavy atom. The van der Waals surface area contributed by atoms with E-state index < -0.39 is 0 Å². The highest BCUT2D eigenvalue weighted by molar-refractivity contribution is 5.51. The minimum absolute atomic E-state index is 0.723. The van der Waals surface area contributed by atoms with E-state index in [0.717, 1.165) is 31.0 Å². The molecule has 1 saturated heterocycles. The molecule has 78 valence electrons. The average Bonchev–Trinajstić information content (AvgIpc) is 2.74. The molecule has 0 saturated carbocycles. The molecule has 0 atom stereocenters. The molecule has 0 bridgehead atoms. The number of rotatable bonds is 1. The topological polar surface area (TPSA) is 37.3 Å². The van der Waals surface area contributed by atoms with Crippen LogP contribution in [-0.2, 0) is 0 Å². The van der Waals surface area contributed by atoms with Crippen molar-refractivity contribution in [2.75, 3.05) is 19.6 Å². The molecular formula is C12H15N3. The molecular weight excluding hydrogens is 186 g/mol. The summed E-state index contributed by atoms with van der Waals surface area (Å²) < 4.78 is 0. The largest absolute Gasteiger partial charge is 0.317 e. The summed E-state index contributed by atoms with van der Waals surface area (Å²) in [4.78, 5) is 8.79. The lowest BCUT2D eigenvalue weighted by Gasteiger charge is -2.23. The van der Waals surface area contributed by atoms with Crippen molar-refractivity contribution >= 4 is 5.57 Å². The Labute approximate surface area is 88.9 Å². The van der Waals surface area contributed by atoms with E-state index in [2.05, 4.69) is 21.4 Å². The second-order valence-corrected chi connectivity index (χ2v) is 4.24. The van der Waals surface area contributed by atoms with Gasteiger partial charge in [-0.3, -0.25) is 4.99 Å². The SMILES string of the molecule is c1cnc2c(c1)=C(C1CCNCC1)CN=2. The Kier molecular flexibility index (Phi) is 2.25. The standard InChI is InChI=1S/C12H15N3/c1-2-10-11(8-15-12(10)14-5-1)9-3-6-13-7-4-9/h1-2,5,9,13H,3-4,6-8H2. The van der Waals surface area contributed by atoms with E-state index in [-0.39, 0.29) is 0 Å². The zero-order valence-electron chi connectivity index (χ0n) is 8.74. The van der Waals surface area contributed by atoms with Crippen molar-refractivity contribution in [1.29, 1.82) is 0 Å². The fourth-order valence-electron chi connectivity index (χ4n) is 2.54. The maximum Gasteiger partial charge on any atom is 0.154 e. The van der Waals surface area contributed by atoms with Gasteiger partial charge in [-0.05, 0) is 49.6 Å². The van der Waals surface area contributed by atoms with Gasteiger partial charge >= 0.3 is 0 Å². The predicted octanol–water partition coefficient (Wildman–Crippen LogP) is -0.135. The molecule has 0 amide bonds. The van der Waals surface area contributed by atoms with Crippen LogP contribution < -0.4 is 16.0 Å². The molecule has 0 radical (unpaired) electrons. The van der Waals surface area contributed by atoms with Crippen LogP contribution in [0.2, 0.25) is 0 Å². The van der Waals surface area contributed by atoms with Gasteiger partial charge < -0.3 is 5.32 Å². The van der Waals surface area contributed by atoms with Crippen molar-refractivity contribution in [3.8, 4) is 0 Å². The Hall–Kier alpha value is -1.22. The monoisotopic (exact) mass is 201 g/mol. The highest BCUT2D eigenvalue weighted by Gasteiger charge is 2.20. The normalized spacial score (nSPS) is 21.2. The van der Waals surface area contributed by atoms with Gasteiger partial charge in [-0.25, -0.2) is 4.98 Å². The first-order chi connectivity index (χ1) is 7.45. The van der Waals surface area contributed by atoms with Gasteiger partial charge in [0.1, 0.15) is 0 Å². The van der Waals surface area contributed by atoms with Crippen molar-refractivity contribution in [2.24, 2.45) is 10.9 Å². The lowest BCUT2D eigenvalue weighted by atomic mass is 9.89. The summed E-state index contributed by atoms with van der Waals surface area (Å²) in [5, 5.41) is 4.70. The number of nitrogens with zero attached hydrogens (tertiary/aromatic N) is 2. The highest BCUT2D eigenvalue weighted by Crippen LogP contribution is 2.22. The molecule has 2 aliphatic rings. The van der Waals surface area contributed by atoms with Crippen molar-refractivity contribution in [3.05, 3.63) is 29.0 Å². The van der Waals surface area contributed by atoms with Gasteiger partial charge in [0.2, 0.25) is 0 Å². The molecule has 1 N–H and O–H groups in total. The van der Waals surface area contributed by atoms with Crippen LogP contribution in [0.25, 0.3) is 5.57 Å². The van der Waals surface area contributed by atoms with Gasteiger partial charge in [-0.1, -0.05) is 0 Å². The number of hydrogen-bond donors (Lipinski definition) is 1. The Balaban J connectivity index is 2.04. The maximum atomic E-state index is 4.49. The van der Waals surface area contributed by atoms with Crippen LogP contribution in [0, 0.1) is 5.92 Å². The summed E-state index contributed by atoms with van der Waals surface area (Å²) in [6.45, 7) is 3.16. The van der Waals surface area contributed by atoms with E-state index in [0.29, 0.717) is 0 Å². The Bertz CT molecular complexity index is 472. The summed E-state index contributed by atoms with van der Waals surface area (Å²) in [6, 6.07) is 4.18. The summed E-state index contributed by atoms with van der Waals surface area (Å²) >= 11 is 0. The third kappa shape index (κ3) is 1.57. The average molecular weight is 201 g/mol. The number of nitrogens with one attached hydrogen (secondary N) is 1. The van der Waals surface area contributed by atoms with Gasteiger partial charge in [-0.2, -0.15) is 0 Å². The maximum absolute atomic E-state index is 4.49. The van der Waals surface area contributed by atoms with Crippen LogP contribution in [0.3, 0.4) is 0 Å². The van der Waals surface area contributed by atoms with E-state index in [4.69, 9.17) is 0 Å². The summed E-state index contributed by atoms with van der Waals surface area (Å²) in [7, 11) is 0. The summed E-state index contributed by atoms with van der Waals surface area (Å²) in [6.07, 6.45) is 4.33. The molecule has 3 nitrogen and oxygen atoms in total. The van der Waals surface area contributed by atoms with E-state index >= 15 is 0 Å². The molecule has 3 rings (SSSR count). The van der Waals surface area contributed by atoms with Crippen LogP contribution in [0.15, 0.2) is 23.3 Å². The molecule has 0 aliphatic carbocycles. The smallest absolute Gasteiger partial charge is 0.154 e. The van der Waals surface area contributed by atoms with E-state index in [1.165, 1.54) is 23.6 Å². The lowest BCUT2D eigenvalue weighted by Crippen LogP contribution is -2.32. The van der Waals surface area contributed by atoms with Gasteiger partial charge in [0.05, 0.1) is 6.54 Å². The minimum atomic E-state index is 0.723. The first kappa shape index (κ1) is 9.04. The Morgan fingerprint density at radius 1 is 1.27 bits per heavy atom. The van der Waals surface area contributed by atoms with Crippen molar-refractivity contribution < 1.29 is 0 Å². The third-order valence-electron chi connectivity index (χ3n) is 3.36. The Morgan fingerprint density at radius 2 is 2.13 bits per heavy atom. The van der Waals surface area contributed by atoms with E-state index in [9.17, 15) is 0 Å². The molecule has 1 fully saturated rings. The van der Waals surface area contributed by atoms with Crippen LogP contribution >= 0.6 is 0 Å². The number of pyridine rings is 1. The molecule has 1 aromatic rings. The van der Waals surface area contributed by atoms with Crippen LogP contribution in [-0.4, -0.2) is 24.6 Å². The number of piperidine rings is 1. The summed E-state index contributed by atoms with van der Waals surface area (Å²) in [5.74, 6) is 0.723. The minimum Gasteiger partial charge on any atom is -0.317 e. The van der Waals surface area contributed by atoms with Crippen molar-refractivity contribution in [1.82, 2.24) is 10.3 Å². The highest BCUT2D eigenvalue weighted by atomic mass is 14.9. The van der Waals surface area contributed by atoms with Gasteiger partial charge in [0, 0.05) is 11.4 Å². The predicted molar refractivity (Wildman–Crippen MR) is 58.9 cm³/mol. The number of hydrogen-bond acceptors (Lipinski definition) is 3. The molecule has 3 heteroatoms. The third-order valence-corrected chi connectivity index (χ3v) is 3.36. The fraction of sp³-hybridized carbons (Fsp3) is 0.500. The molecule has 1 aromatic heterocycles. The molecule has 0 spiro atoms.